The van der Waals surface area contributed by atoms with Gasteiger partial charge in [0, 0.05) is 0 Å². The molecule has 0 heterocycles. The second-order valence-electron chi connectivity index (χ2n) is 6.22. The van der Waals surface area contributed by atoms with Crippen molar-refractivity contribution in [2.45, 2.75) is 12.8 Å². The van der Waals surface area contributed by atoms with Gasteiger partial charge in [-0.1, -0.05) is 0 Å². The van der Waals surface area contributed by atoms with Crippen LogP contribution in [0.1, 0.15) is 31.8 Å². The van der Waals surface area contributed by atoms with E-state index >= 15 is 0 Å². The third kappa shape index (κ3) is 11.5. The summed E-state index contributed by atoms with van der Waals surface area (Å²) in [5.41, 5.74) is 0.504. The number of carboxylic acids is 2. The molecule has 12 nitrogen and oxygen atoms in total. The van der Waals surface area contributed by atoms with Gasteiger partial charge in [-0.25, -0.2) is 9.59 Å². The zero-order chi connectivity index (χ0) is 23.6. The molecular formula is C20H30O12. The van der Waals surface area contributed by atoms with Gasteiger partial charge < -0.3 is 48.8 Å². The monoisotopic (exact) mass is 462 g/mol. The molecule has 0 aliphatic heterocycles. The number of hydrogen-bond donors (Lipinski definition) is 4. The molecule has 0 fully saturated rings. The van der Waals surface area contributed by atoms with Crippen LogP contribution >= 0.6 is 0 Å². The lowest BCUT2D eigenvalue weighted by Gasteiger charge is -2.14. The van der Waals surface area contributed by atoms with Crippen molar-refractivity contribution in [1.82, 2.24) is 0 Å². The number of hydrogen-bond acceptors (Lipinski definition) is 10. The molecular weight excluding hydrogens is 432 g/mol. The summed E-state index contributed by atoms with van der Waals surface area (Å²) in [6.07, 6.45) is 0.415. The van der Waals surface area contributed by atoms with Gasteiger partial charge in [-0.3, -0.25) is 0 Å². The fraction of sp³-hybridized carbons (Fsp3) is 0.600. The van der Waals surface area contributed by atoms with Gasteiger partial charge in [-0.05, 0) is 36.1 Å². The van der Waals surface area contributed by atoms with Gasteiger partial charge in [0.15, 0.2) is 0 Å². The molecule has 0 amide bonds. The first kappa shape index (κ1) is 27.9. The molecule has 0 aliphatic carbocycles. The summed E-state index contributed by atoms with van der Waals surface area (Å²) in [5, 5.41) is 36.0. The van der Waals surface area contributed by atoms with E-state index in [2.05, 4.69) is 9.47 Å². The largest absolute Gasteiger partial charge is 0.478 e. The van der Waals surface area contributed by atoms with Crippen LogP contribution in [0.4, 0.5) is 0 Å². The number of ether oxygens (including phenoxy) is 6. The van der Waals surface area contributed by atoms with Crippen LogP contribution < -0.4 is 0 Å². The Kier molecular flexibility index (Phi) is 15.2. The van der Waals surface area contributed by atoms with Crippen molar-refractivity contribution in [2.24, 2.45) is 0 Å². The number of aromatic carboxylic acids is 2. The van der Waals surface area contributed by atoms with Crippen molar-refractivity contribution < 1.29 is 58.4 Å². The lowest BCUT2D eigenvalue weighted by molar-refractivity contribution is -0.115. The molecule has 0 saturated heterocycles. The summed E-state index contributed by atoms with van der Waals surface area (Å²) < 4.78 is 30.0. The maximum absolute atomic E-state index is 11.7. The van der Waals surface area contributed by atoms with Gasteiger partial charge in [0.1, 0.15) is 27.2 Å². The fourth-order valence-electron chi connectivity index (χ4n) is 2.64. The number of aliphatic hydroxyl groups excluding tert-OH is 2. The molecule has 12 heteroatoms. The maximum Gasteiger partial charge on any atom is 0.335 e. The van der Waals surface area contributed by atoms with Crippen LogP contribution in [0, 0.1) is 0 Å². The summed E-state index contributed by atoms with van der Waals surface area (Å²) in [4.78, 5) is 23.4. The minimum atomic E-state index is -1.23. The molecule has 0 atom stereocenters. The summed E-state index contributed by atoms with van der Waals surface area (Å²) >= 11 is 0. The van der Waals surface area contributed by atoms with Gasteiger partial charge in [0.05, 0.1) is 50.8 Å². The summed E-state index contributed by atoms with van der Waals surface area (Å²) in [6.45, 7) is 0.239. The van der Waals surface area contributed by atoms with E-state index in [1.165, 1.54) is 12.1 Å². The zero-order valence-corrected chi connectivity index (χ0v) is 17.7. The Labute approximate surface area is 185 Å². The van der Waals surface area contributed by atoms with Crippen LogP contribution in [0.15, 0.2) is 12.1 Å². The Bertz CT molecular complexity index is 644. The van der Waals surface area contributed by atoms with Crippen LogP contribution in [0.2, 0.25) is 0 Å². The van der Waals surface area contributed by atoms with E-state index in [-0.39, 0.29) is 76.3 Å². The molecule has 32 heavy (non-hydrogen) atoms. The second kappa shape index (κ2) is 17.4. The Morgan fingerprint density at radius 3 is 1.50 bits per heavy atom. The first-order valence-corrected chi connectivity index (χ1v) is 9.81. The van der Waals surface area contributed by atoms with Gasteiger partial charge >= 0.3 is 11.9 Å². The number of rotatable bonds is 20. The Morgan fingerprint density at radius 2 is 1.06 bits per heavy atom. The lowest BCUT2D eigenvalue weighted by Crippen LogP contribution is -2.15. The van der Waals surface area contributed by atoms with Crippen molar-refractivity contribution in [1.29, 1.82) is 0 Å². The quantitative estimate of drug-likeness (QED) is 0.152. The van der Waals surface area contributed by atoms with E-state index in [1.807, 2.05) is 0 Å². The van der Waals surface area contributed by atoms with Crippen molar-refractivity contribution in [3.63, 3.8) is 0 Å². The Balaban J connectivity index is 2.60. The molecule has 0 bridgehead atoms. The van der Waals surface area contributed by atoms with Crippen molar-refractivity contribution in [3.8, 4) is 0 Å². The van der Waals surface area contributed by atoms with Gasteiger partial charge in [0.25, 0.3) is 0 Å². The van der Waals surface area contributed by atoms with E-state index in [9.17, 15) is 19.8 Å². The summed E-state index contributed by atoms with van der Waals surface area (Å²) in [6, 6.07) is 2.88. The number of aliphatic hydroxyl groups is 2. The summed E-state index contributed by atoms with van der Waals surface area (Å²) in [7, 11) is 0. The average molecular weight is 462 g/mol. The van der Waals surface area contributed by atoms with Crippen molar-refractivity contribution in [3.05, 3.63) is 34.4 Å². The number of carboxylic acid groups (broad SMARTS) is 2. The Morgan fingerprint density at radius 1 is 0.625 bits per heavy atom. The normalized spacial score (nSPS) is 11.1. The molecule has 1 aromatic rings. The van der Waals surface area contributed by atoms with E-state index in [0.717, 1.165) is 0 Å². The second-order valence-corrected chi connectivity index (χ2v) is 6.22. The highest BCUT2D eigenvalue weighted by molar-refractivity contribution is 5.97. The van der Waals surface area contributed by atoms with Crippen LogP contribution in [0.3, 0.4) is 0 Å². The molecule has 0 aromatic heterocycles. The van der Waals surface area contributed by atoms with Gasteiger partial charge in [-0.2, -0.15) is 0 Å². The minimum Gasteiger partial charge on any atom is -0.478 e. The first-order chi connectivity index (χ1) is 15.5. The van der Waals surface area contributed by atoms with Crippen molar-refractivity contribution >= 4 is 11.9 Å². The number of benzene rings is 1. The molecule has 1 rings (SSSR count). The fourth-order valence-corrected chi connectivity index (χ4v) is 2.64. The molecule has 182 valence electrons. The van der Waals surface area contributed by atoms with Crippen molar-refractivity contribution in [2.75, 3.05) is 66.8 Å². The number of carbonyl (C=O) groups is 2. The third-order valence-electron chi connectivity index (χ3n) is 4.06. The molecule has 0 unspecified atom stereocenters. The van der Waals surface area contributed by atoms with E-state index < -0.39 is 25.5 Å². The van der Waals surface area contributed by atoms with E-state index in [0.29, 0.717) is 12.0 Å². The smallest absolute Gasteiger partial charge is 0.335 e. The maximum atomic E-state index is 11.7. The topological polar surface area (TPSA) is 170 Å². The first-order valence-electron chi connectivity index (χ1n) is 9.81. The van der Waals surface area contributed by atoms with Gasteiger partial charge in [0.2, 0.25) is 0 Å². The van der Waals surface area contributed by atoms with Crippen LogP contribution in [0.25, 0.3) is 0 Å². The highest BCUT2D eigenvalue weighted by Gasteiger charge is 2.20. The Hall–Kier alpha value is -2.16. The molecule has 1 aromatic carbocycles. The van der Waals surface area contributed by atoms with Crippen LogP contribution in [-0.4, -0.2) is 99.2 Å². The molecule has 0 saturated carbocycles. The predicted molar refractivity (Wildman–Crippen MR) is 107 cm³/mol. The highest BCUT2D eigenvalue weighted by atomic mass is 16.7. The van der Waals surface area contributed by atoms with Crippen LogP contribution in [0.5, 0.6) is 0 Å². The SMILES string of the molecule is O=C(O)c1cc(CCOCCOCOCO)cc(C(=O)O)c1CCOCCOCOCO. The zero-order valence-electron chi connectivity index (χ0n) is 17.7. The van der Waals surface area contributed by atoms with Gasteiger partial charge in [-0.15, -0.1) is 0 Å². The lowest BCUT2D eigenvalue weighted by atomic mass is 9.94. The average Bonchev–Trinajstić information content (AvgIpc) is 2.77. The molecule has 0 aliphatic rings. The third-order valence-corrected chi connectivity index (χ3v) is 4.06. The van der Waals surface area contributed by atoms with E-state index in [1.54, 1.807) is 0 Å². The minimum absolute atomic E-state index is 0.0554. The van der Waals surface area contributed by atoms with E-state index in [4.69, 9.17) is 29.2 Å². The summed E-state index contributed by atoms with van der Waals surface area (Å²) in [5.74, 6) is -2.46. The molecule has 0 radical (unpaired) electrons. The van der Waals surface area contributed by atoms with Crippen LogP contribution in [-0.2, 0) is 41.3 Å². The molecule has 0 spiro atoms. The standard InChI is InChI=1S/C20H30O12/c21-11-31-13-29-7-5-27-3-1-15-9-17(19(23)24)16(18(10-15)20(25)26)2-4-28-6-8-30-14-32-12-22/h9-10,21-22H,1-8,11-14H2,(H,23,24)(H,25,26). The molecule has 4 N–H and O–H groups in total. The predicted octanol–water partition coefficient (Wildman–Crippen LogP) is 0.0822. The highest BCUT2D eigenvalue weighted by Crippen LogP contribution is 2.20.